The van der Waals surface area contributed by atoms with Crippen molar-refractivity contribution in [3.8, 4) is 0 Å². The lowest BCUT2D eigenvalue weighted by molar-refractivity contribution is 0.0953. The van der Waals surface area contributed by atoms with Gasteiger partial charge in [0.1, 0.15) is 0 Å². The van der Waals surface area contributed by atoms with E-state index < -0.39 is 0 Å². The molecule has 0 atom stereocenters. The predicted molar refractivity (Wildman–Crippen MR) is 86.7 cm³/mol. The lowest BCUT2D eigenvalue weighted by Crippen LogP contribution is -2.24. The van der Waals surface area contributed by atoms with Crippen molar-refractivity contribution in [3.63, 3.8) is 0 Å². The Morgan fingerprint density at radius 3 is 2.62 bits per heavy atom. The van der Waals surface area contributed by atoms with Gasteiger partial charge in [-0.05, 0) is 30.7 Å². The fourth-order valence-corrected chi connectivity index (χ4v) is 3.17. The second-order valence-electron chi connectivity index (χ2n) is 4.80. The molecule has 0 aliphatic rings. The van der Waals surface area contributed by atoms with E-state index in [9.17, 15) is 4.79 Å². The van der Waals surface area contributed by atoms with Crippen molar-refractivity contribution in [2.24, 2.45) is 0 Å². The molecule has 3 nitrogen and oxygen atoms in total. The summed E-state index contributed by atoms with van der Waals surface area (Å²) >= 11 is 1.73. The molecule has 0 saturated carbocycles. The maximum Gasteiger partial charge on any atom is 0.251 e. The van der Waals surface area contributed by atoms with E-state index in [1.165, 1.54) is 4.70 Å². The number of benzene rings is 2. The standard InChI is InChI=1S/C17H16N2OS/c20-17(13-7-2-1-3-8-13)18-12-6-11-16-19-14-9-4-5-10-15(14)21-16/h1-5,7-10H,6,11-12H2,(H,18,20). The Hall–Kier alpha value is -2.20. The van der Waals surface area contributed by atoms with Crippen LogP contribution >= 0.6 is 11.3 Å². The highest BCUT2D eigenvalue weighted by Gasteiger charge is 2.05. The molecule has 1 heterocycles. The van der Waals surface area contributed by atoms with Gasteiger partial charge in [0, 0.05) is 18.5 Å². The zero-order valence-electron chi connectivity index (χ0n) is 11.6. The Balaban J connectivity index is 1.49. The smallest absolute Gasteiger partial charge is 0.251 e. The third-order valence-corrected chi connectivity index (χ3v) is 4.32. The lowest BCUT2D eigenvalue weighted by Gasteiger charge is -2.03. The van der Waals surface area contributed by atoms with Gasteiger partial charge in [-0.25, -0.2) is 4.98 Å². The molecule has 0 aliphatic carbocycles. The van der Waals surface area contributed by atoms with E-state index in [2.05, 4.69) is 16.4 Å². The molecule has 1 aromatic heterocycles. The van der Waals surface area contributed by atoms with Crippen molar-refractivity contribution in [2.45, 2.75) is 12.8 Å². The molecule has 3 rings (SSSR count). The summed E-state index contributed by atoms with van der Waals surface area (Å²) in [7, 11) is 0. The number of amides is 1. The highest BCUT2D eigenvalue weighted by atomic mass is 32.1. The Kier molecular flexibility index (Phi) is 4.26. The summed E-state index contributed by atoms with van der Waals surface area (Å²) in [6.07, 6.45) is 1.80. The maximum atomic E-state index is 11.9. The van der Waals surface area contributed by atoms with Crippen molar-refractivity contribution < 1.29 is 4.79 Å². The summed E-state index contributed by atoms with van der Waals surface area (Å²) in [5.74, 6) is -0.0140. The molecule has 21 heavy (non-hydrogen) atoms. The van der Waals surface area contributed by atoms with Gasteiger partial charge >= 0.3 is 0 Å². The number of nitrogens with zero attached hydrogens (tertiary/aromatic N) is 1. The van der Waals surface area contributed by atoms with Gasteiger partial charge in [-0.2, -0.15) is 0 Å². The second kappa shape index (κ2) is 6.50. The van der Waals surface area contributed by atoms with Gasteiger partial charge in [0.2, 0.25) is 0 Å². The van der Waals surface area contributed by atoms with Crippen molar-refractivity contribution in [1.82, 2.24) is 10.3 Å². The molecule has 106 valence electrons. The average molecular weight is 296 g/mol. The van der Waals surface area contributed by atoms with E-state index in [0.29, 0.717) is 12.1 Å². The summed E-state index contributed by atoms with van der Waals surface area (Å²) in [5.41, 5.74) is 1.77. The highest BCUT2D eigenvalue weighted by Crippen LogP contribution is 2.22. The number of rotatable bonds is 5. The first-order chi connectivity index (χ1) is 10.3. The van der Waals surface area contributed by atoms with Crippen molar-refractivity contribution in [2.75, 3.05) is 6.54 Å². The van der Waals surface area contributed by atoms with Crippen molar-refractivity contribution >= 4 is 27.5 Å². The third kappa shape index (κ3) is 3.47. The third-order valence-electron chi connectivity index (χ3n) is 3.23. The van der Waals surface area contributed by atoms with Gasteiger partial charge in [0.25, 0.3) is 5.91 Å². The lowest BCUT2D eigenvalue weighted by atomic mass is 10.2. The van der Waals surface area contributed by atoms with E-state index in [4.69, 9.17) is 0 Å². The number of para-hydroxylation sites is 1. The number of hydrogen-bond donors (Lipinski definition) is 1. The molecule has 0 bridgehead atoms. The minimum atomic E-state index is -0.0140. The van der Waals surface area contributed by atoms with E-state index in [1.807, 2.05) is 48.5 Å². The van der Waals surface area contributed by atoms with Crippen LogP contribution in [0.15, 0.2) is 54.6 Å². The van der Waals surface area contributed by atoms with Crippen LogP contribution in [0.2, 0.25) is 0 Å². The SMILES string of the molecule is O=C(NCCCc1nc2ccccc2s1)c1ccccc1. The van der Waals surface area contributed by atoms with Crippen molar-refractivity contribution in [1.29, 1.82) is 0 Å². The van der Waals surface area contributed by atoms with Gasteiger partial charge in [0.15, 0.2) is 0 Å². The molecule has 0 radical (unpaired) electrons. The van der Waals surface area contributed by atoms with Gasteiger partial charge < -0.3 is 5.32 Å². The Morgan fingerprint density at radius 1 is 1.05 bits per heavy atom. The zero-order valence-corrected chi connectivity index (χ0v) is 12.4. The van der Waals surface area contributed by atoms with Crippen LogP contribution < -0.4 is 5.32 Å². The molecular formula is C17H16N2OS. The highest BCUT2D eigenvalue weighted by molar-refractivity contribution is 7.18. The Labute approximate surface area is 127 Å². The topological polar surface area (TPSA) is 42.0 Å². The molecule has 0 aliphatic heterocycles. The first-order valence-electron chi connectivity index (χ1n) is 7.00. The van der Waals surface area contributed by atoms with Crippen LogP contribution in [0.1, 0.15) is 21.8 Å². The van der Waals surface area contributed by atoms with Crippen LogP contribution in [-0.4, -0.2) is 17.4 Å². The Morgan fingerprint density at radius 2 is 1.81 bits per heavy atom. The van der Waals surface area contributed by atoms with E-state index in [-0.39, 0.29) is 5.91 Å². The molecule has 2 aromatic carbocycles. The molecule has 3 aromatic rings. The van der Waals surface area contributed by atoms with Crippen molar-refractivity contribution in [3.05, 3.63) is 65.2 Å². The van der Waals surface area contributed by atoms with Crippen LogP contribution in [0.3, 0.4) is 0 Å². The molecular weight excluding hydrogens is 280 g/mol. The number of thiazole rings is 1. The monoisotopic (exact) mass is 296 g/mol. The summed E-state index contributed by atoms with van der Waals surface area (Å²) in [4.78, 5) is 16.5. The van der Waals surface area contributed by atoms with Crippen LogP contribution in [0, 0.1) is 0 Å². The summed E-state index contributed by atoms with van der Waals surface area (Å²) in [5, 5.41) is 4.07. The number of carbonyl (C=O) groups excluding carboxylic acids is 1. The summed E-state index contributed by atoms with van der Waals surface area (Å²) in [6, 6.07) is 17.5. The number of hydrogen-bond acceptors (Lipinski definition) is 3. The molecule has 1 amide bonds. The van der Waals surface area contributed by atoms with E-state index >= 15 is 0 Å². The predicted octanol–water partition coefficient (Wildman–Crippen LogP) is 3.66. The van der Waals surface area contributed by atoms with Gasteiger partial charge in [-0.1, -0.05) is 30.3 Å². The molecule has 0 saturated heterocycles. The molecule has 0 spiro atoms. The number of fused-ring (bicyclic) bond motifs is 1. The molecule has 4 heteroatoms. The van der Waals surface area contributed by atoms with E-state index in [1.54, 1.807) is 11.3 Å². The van der Waals surface area contributed by atoms with Gasteiger partial charge in [-0.15, -0.1) is 11.3 Å². The Bertz CT molecular complexity index is 704. The number of carbonyl (C=O) groups is 1. The van der Waals surface area contributed by atoms with Crippen LogP contribution in [0.5, 0.6) is 0 Å². The van der Waals surface area contributed by atoms with Gasteiger partial charge in [0.05, 0.1) is 15.2 Å². The quantitative estimate of drug-likeness (QED) is 0.730. The van der Waals surface area contributed by atoms with Crippen LogP contribution in [0.25, 0.3) is 10.2 Å². The fraction of sp³-hybridized carbons (Fsp3) is 0.176. The second-order valence-corrected chi connectivity index (χ2v) is 5.92. The fourth-order valence-electron chi connectivity index (χ4n) is 2.16. The van der Waals surface area contributed by atoms with Crippen LogP contribution in [-0.2, 0) is 6.42 Å². The minimum absolute atomic E-state index is 0.0140. The molecule has 0 unspecified atom stereocenters. The zero-order chi connectivity index (χ0) is 14.5. The largest absolute Gasteiger partial charge is 0.352 e. The molecule has 0 fully saturated rings. The normalized spacial score (nSPS) is 10.7. The van der Waals surface area contributed by atoms with E-state index in [0.717, 1.165) is 23.4 Å². The number of aromatic nitrogens is 1. The first-order valence-corrected chi connectivity index (χ1v) is 7.82. The molecule has 1 N–H and O–H groups in total. The average Bonchev–Trinajstić information content (AvgIpc) is 2.95. The minimum Gasteiger partial charge on any atom is -0.352 e. The maximum absolute atomic E-state index is 11.9. The van der Waals surface area contributed by atoms with Crippen LogP contribution in [0.4, 0.5) is 0 Å². The van der Waals surface area contributed by atoms with Gasteiger partial charge in [-0.3, -0.25) is 4.79 Å². The number of nitrogens with one attached hydrogen (secondary N) is 1. The first kappa shape index (κ1) is 13.8. The summed E-state index contributed by atoms with van der Waals surface area (Å²) in [6.45, 7) is 0.670. The summed E-state index contributed by atoms with van der Waals surface area (Å²) < 4.78 is 1.22. The number of aryl methyl sites for hydroxylation is 1.